The van der Waals surface area contributed by atoms with Gasteiger partial charge in [0.15, 0.2) is 0 Å². The average molecular weight is 269 g/mol. The Morgan fingerprint density at radius 1 is 1.00 bits per heavy atom. The number of rotatable bonds is 6. The van der Waals surface area contributed by atoms with Gasteiger partial charge in [-0.1, -0.05) is 11.8 Å². The van der Waals surface area contributed by atoms with Crippen molar-refractivity contribution in [1.82, 2.24) is 0 Å². The molecule has 18 heavy (non-hydrogen) atoms. The summed E-state index contributed by atoms with van der Waals surface area (Å²) in [6, 6.07) is 8.00. The lowest BCUT2D eigenvalue weighted by molar-refractivity contribution is 0.252. The van der Waals surface area contributed by atoms with E-state index in [9.17, 15) is 8.78 Å². The molecule has 0 heterocycles. The smallest absolute Gasteiger partial charge is 0.288 e. The van der Waals surface area contributed by atoms with Gasteiger partial charge in [-0.2, -0.15) is 8.78 Å². The van der Waals surface area contributed by atoms with E-state index in [0.717, 1.165) is 17.5 Å². The lowest BCUT2D eigenvalue weighted by atomic mass is 10.1. The van der Waals surface area contributed by atoms with Crippen molar-refractivity contribution in [2.45, 2.75) is 42.4 Å². The van der Waals surface area contributed by atoms with Gasteiger partial charge in [0.25, 0.3) is 5.76 Å². The zero-order chi connectivity index (χ0) is 12.5. The molecule has 2 aliphatic carbocycles. The fourth-order valence-corrected chi connectivity index (χ4v) is 2.96. The number of benzene rings is 1. The van der Waals surface area contributed by atoms with Gasteiger partial charge in [-0.25, -0.2) is 0 Å². The van der Waals surface area contributed by atoms with E-state index in [1.54, 1.807) is 12.1 Å². The molecule has 4 heteroatoms. The predicted molar refractivity (Wildman–Crippen MR) is 71.2 cm³/mol. The van der Waals surface area contributed by atoms with Crippen molar-refractivity contribution in [2.24, 2.45) is 11.8 Å². The highest BCUT2D eigenvalue weighted by Crippen LogP contribution is 2.45. The van der Waals surface area contributed by atoms with E-state index in [2.05, 4.69) is 5.32 Å². The van der Waals surface area contributed by atoms with E-state index >= 15 is 0 Å². The van der Waals surface area contributed by atoms with E-state index in [1.807, 2.05) is 12.1 Å². The van der Waals surface area contributed by atoms with Crippen LogP contribution in [0.1, 0.15) is 25.7 Å². The zero-order valence-corrected chi connectivity index (χ0v) is 10.9. The summed E-state index contributed by atoms with van der Waals surface area (Å²) in [5.74, 6) is -0.658. The third-order valence-corrected chi connectivity index (χ3v) is 4.40. The molecule has 2 saturated carbocycles. The van der Waals surface area contributed by atoms with Crippen molar-refractivity contribution >= 4 is 17.4 Å². The van der Waals surface area contributed by atoms with E-state index < -0.39 is 5.76 Å². The third kappa shape index (κ3) is 3.16. The molecule has 0 atom stereocenters. The molecule has 0 unspecified atom stereocenters. The van der Waals surface area contributed by atoms with Gasteiger partial charge in [0.2, 0.25) is 0 Å². The Hall–Kier alpha value is -0.770. The molecule has 0 amide bonds. The minimum atomic E-state index is -2.34. The van der Waals surface area contributed by atoms with Crippen molar-refractivity contribution in [3.63, 3.8) is 0 Å². The standard InChI is InChI=1S/C14H17F2NS/c15-14(16)18-12-7-5-11(6-8-12)17-13(9-1-2-9)10-3-4-10/h5-10,13-14,17H,1-4H2. The Kier molecular flexibility index (Phi) is 3.46. The first kappa shape index (κ1) is 12.3. The van der Waals surface area contributed by atoms with Crippen LogP contribution >= 0.6 is 11.8 Å². The fraction of sp³-hybridized carbons (Fsp3) is 0.571. The van der Waals surface area contributed by atoms with Crippen LogP contribution in [0.3, 0.4) is 0 Å². The quantitative estimate of drug-likeness (QED) is 0.757. The molecule has 0 spiro atoms. The lowest BCUT2D eigenvalue weighted by Crippen LogP contribution is -2.24. The lowest BCUT2D eigenvalue weighted by Gasteiger charge is -2.19. The van der Waals surface area contributed by atoms with Gasteiger partial charge >= 0.3 is 0 Å². The molecular formula is C14H17F2NS. The summed E-state index contributed by atoms with van der Waals surface area (Å²) in [7, 11) is 0. The highest BCUT2D eigenvalue weighted by atomic mass is 32.2. The van der Waals surface area contributed by atoms with Gasteiger partial charge in [0, 0.05) is 16.6 Å². The molecule has 1 aromatic rings. The molecule has 1 nitrogen and oxygen atoms in total. The van der Waals surface area contributed by atoms with E-state index in [1.165, 1.54) is 25.7 Å². The Morgan fingerprint density at radius 2 is 1.56 bits per heavy atom. The van der Waals surface area contributed by atoms with Crippen LogP contribution in [0.4, 0.5) is 14.5 Å². The number of thioether (sulfide) groups is 1. The average Bonchev–Trinajstić information content (AvgIpc) is 3.20. The number of hydrogen-bond acceptors (Lipinski definition) is 2. The molecular weight excluding hydrogens is 252 g/mol. The Morgan fingerprint density at radius 3 is 2.00 bits per heavy atom. The van der Waals surface area contributed by atoms with Crippen LogP contribution in [0.5, 0.6) is 0 Å². The van der Waals surface area contributed by atoms with Crippen molar-refractivity contribution in [3.8, 4) is 0 Å². The number of anilines is 1. The van der Waals surface area contributed by atoms with Crippen molar-refractivity contribution in [1.29, 1.82) is 0 Å². The summed E-state index contributed by atoms with van der Waals surface area (Å²) < 4.78 is 24.4. The maximum Gasteiger partial charge on any atom is 0.288 e. The largest absolute Gasteiger partial charge is 0.382 e. The SMILES string of the molecule is FC(F)Sc1ccc(NC(C2CC2)C2CC2)cc1. The summed E-state index contributed by atoms with van der Waals surface area (Å²) in [5, 5.41) is 3.59. The molecule has 1 aromatic carbocycles. The summed E-state index contributed by atoms with van der Waals surface area (Å²) in [5.41, 5.74) is 1.07. The molecule has 2 aliphatic rings. The topological polar surface area (TPSA) is 12.0 Å². The zero-order valence-electron chi connectivity index (χ0n) is 10.1. The minimum Gasteiger partial charge on any atom is -0.382 e. The van der Waals surface area contributed by atoms with Crippen LogP contribution in [-0.2, 0) is 0 Å². The maximum absolute atomic E-state index is 12.2. The molecule has 0 aliphatic heterocycles. The molecule has 2 fully saturated rings. The van der Waals surface area contributed by atoms with Crippen LogP contribution in [0.25, 0.3) is 0 Å². The molecule has 0 aromatic heterocycles. The van der Waals surface area contributed by atoms with E-state index in [-0.39, 0.29) is 0 Å². The van der Waals surface area contributed by atoms with Crippen LogP contribution in [0.2, 0.25) is 0 Å². The Bertz CT molecular complexity index is 387. The number of nitrogens with one attached hydrogen (secondary N) is 1. The first-order valence-electron chi connectivity index (χ1n) is 6.54. The molecule has 0 radical (unpaired) electrons. The summed E-state index contributed by atoms with van der Waals surface area (Å²) >= 11 is 0.602. The van der Waals surface area contributed by atoms with Gasteiger partial charge in [0.1, 0.15) is 0 Å². The maximum atomic E-state index is 12.2. The van der Waals surface area contributed by atoms with Crippen molar-refractivity contribution < 1.29 is 8.78 Å². The summed E-state index contributed by atoms with van der Waals surface area (Å²) in [6.45, 7) is 0. The Labute approximate surface area is 110 Å². The van der Waals surface area contributed by atoms with Gasteiger partial charge < -0.3 is 5.32 Å². The van der Waals surface area contributed by atoms with Gasteiger partial charge in [-0.3, -0.25) is 0 Å². The first-order chi connectivity index (χ1) is 8.72. The summed E-state index contributed by atoms with van der Waals surface area (Å²) in [4.78, 5) is 0.630. The van der Waals surface area contributed by atoms with Crippen LogP contribution in [-0.4, -0.2) is 11.8 Å². The van der Waals surface area contributed by atoms with E-state index in [4.69, 9.17) is 0 Å². The summed E-state index contributed by atoms with van der Waals surface area (Å²) in [6.07, 6.45) is 5.36. The highest BCUT2D eigenvalue weighted by Gasteiger charge is 2.41. The van der Waals surface area contributed by atoms with Gasteiger partial charge in [0.05, 0.1) is 0 Å². The highest BCUT2D eigenvalue weighted by molar-refractivity contribution is 7.99. The van der Waals surface area contributed by atoms with Crippen molar-refractivity contribution in [3.05, 3.63) is 24.3 Å². The Balaban J connectivity index is 1.61. The van der Waals surface area contributed by atoms with E-state index in [0.29, 0.717) is 22.7 Å². The van der Waals surface area contributed by atoms with Crippen LogP contribution in [0, 0.1) is 11.8 Å². The molecule has 98 valence electrons. The molecule has 3 rings (SSSR count). The normalized spacial score (nSPS) is 19.6. The van der Waals surface area contributed by atoms with Gasteiger partial charge in [-0.15, -0.1) is 0 Å². The monoisotopic (exact) mass is 269 g/mol. The molecule has 0 saturated heterocycles. The first-order valence-corrected chi connectivity index (χ1v) is 7.42. The second-order valence-corrected chi connectivity index (χ2v) is 6.31. The fourth-order valence-electron chi connectivity index (χ4n) is 2.46. The molecule has 1 N–H and O–H groups in total. The number of alkyl halides is 2. The minimum absolute atomic E-state index is 0.602. The third-order valence-electron chi connectivity index (χ3n) is 3.67. The molecule has 0 bridgehead atoms. The van der Waals surface area contributed by atoms with Gasteiger partial charge in [-0.05, 0) is 61.8 Å². The van der Waals surface area contributed by atoms with Crippen LogP contribution in [0.15, 0.2) is 29.2 Å². The van der Waals surface area contributed by atoms with Crippen LogP contribution < -0.4 is 5.32 Å². The number of hydrogen-bond donors (Lipinski definition) is 1. The second-order valence-electron chi connectivity index (χ2n) is 5.25. The second kappa shape index (κ2) is 5.08. The van der Waals surface area contributed by atoms with Crippen molar-refractivity contribution in [2.75, 3.05) is 5.32 Å². The predicted octanol–water partition coefficient (Wildman–Crippen LogP) is 4.60. The number of halogens is 2.